The van der Waals surface area contributed by atoms with Crippen LogP contribution < -0.4 is 5.32 Å². The molecule has 1 aromatic carbocycles. The average molecular weight is 347 g/mol. The summed E-state index contributed by atoms with van der Waals surface area (Å²) in [5, 5.41) is 2.12. The first-order valence-electron chi connectivity index (χ1n) is 7.15. The minimum atomic E-state index is -3.83. The van der Waals surface area contributed by atoms with Crippen LogP contribution in [0, 0.1) is 12.7 Å². The van der Waals surface area contributed by atoms with Gasteiger partial charge in [-0.3, -0.25) is 0 Å². The lowest BCUT2D eigenvalue weighted by Gasteiger charge is -2.20. The van der Waals surface area contributed by atoms with Gasteiger partial charge in [-0.25, -0.2) is 21.2 Å². The van der Waals surface area contributed by atoms with Crippen molar-refractivity contribution in [2.24, 2.45) is 0 Å². The van der Waals surface area contributed by atoms with E-state index in [1.54, 1.807) is 0 Å². The van der Waals surface area contributed by atoms with E-state index >= 15 is 0 Å². The topological polar surface area (TPSA) is 80.3 Å². The molecule has 1 saturated carbocycles. The van der Waals surface area contributed by atoms with Crippen molar-refractivity contribution in [3.63, 3.8) is 0 Å². The molecule has 0 radical (unpaired) electrons. The summed E-state index contributed by atoms with van der Waals surface area (Å²) in [4.78, 5) is 0.0126. The molecule has 22 heavy (non-hydrogen) atoms. The fourth-order valence-electron chi connectivity index (χ4n) is 2.92. The third-order valence-corrected chi connectivity index (χ3v) is 8.48. The van der Waals surface area contributed by atoms with Gasteiger partial charge in [0.15, 0.2) is 19.7 Å². The molecule has 2 atom stereocenters. The zero-order chi connectivity index (χ0) is 16.1. The summed E-state index contributed by atoms with van der Waals surface area (Å²) in [6.07, 6.45) is 1.89. The first kappa shape index (κ1) is 15.9. The normalized spacial score (nSPS) is 27.9. The van der Waals surface area contributed by atoms with Crippen LogP contribution in [0.5, 0.6) is 0 Å². The van der Waals surface area contributed by atoms with Crippen molar-refractivity contribution < 1.29 is 21.2 Å². The van der Waals surface area contributed by atoms with Gasteiger partial charge in [0, 0.05) is 12.1 Å². The van der Waals surface area contributed by atoms with E-state index in [-0.39, 0.29) is 22.4 Å². The van der Waals surface area contributed by atoms with E-state index in [2.05, 4.69) is 5.32 Å². The molecule has 3 rings (SSSR count). The van der Waals surface area contributed by atoms with E-state index in [4.69, 9.17) is 0 Å². The summed E-state index contributed by atoms with van der Waals surface area (Å²) in [7, 11) is -7.22. The Kier molecular flexibility index (Phi) is 3.81. The summed E-state index contributed by atoms with van der Waals surface area (Å²) in [6, 6.07) is 3.09. The molecule has 0 amide bonds. The molecule has 8 heteroatoms. The van der Waals surface area contributed by atoms with Crippen molar-refractivity contribution in [2.75, 3.05) is 11.5 Å². The van der Waals surface area contributed by atoms with Gasteiger partial charge in [0.2, 0.25) is 0 Å². The van der Waals surface area contributed by atoms with E-state index in [0.717, 1.165) is 25.0 Å². The van der Waals surface area contributed by atoms with Crippen molar-refractivity contribution in [3.05, 3.63) is 29.6 Å². The van der Waals surface area contributed by atoms with Gasteiger partial charge in [-0.2, -0.15) is 0 Å². The molecule has 2 fully saturated rings. The van der Waals surface area contributed by atoms with Gasteiger partial charge in [0.05, 0.1) is 21.7 Å². The van der Waals surface area contributed by atoms with Crippen LogP contribution in [-0.4, -0.2) is 45.7 Å². The molecule has 0 unspecified atom stereocenters. The Morgan fingerprint density at radius 2 is 1.91 bits per heavy atom. The molecule has 1 aliphatic heterocycles. The Labute approximate surface area is 129 Å². The summed E-state index contributed by atoms with van der Waals surface area (Å²) in [5.41, 5.74) is 0.300. The first-order chi connectivity index (χ1) is 10.2. The van der Waals surface area contributed by atoms with Gasteiger partial charge in [0.25, 0.3) is 0 Å². The number of aryl methyl sites for hydroxylation is 1. The molecule has 122 valence electrons. The second-order valence-electron chi connectivity index (χ2n) is 6.12. The summed E-state index contributed by atoms with van der Waals surface area (Å²) in [6.45, 7) is 1.52. The maximum Gasteiger partial charge on any atom is 0.184 e. The summed E-state index contributed by atoms with van der Waals surface area (Å²) < 4.78 is 62.7. The zero-order valence-corrected chi connectivity index (χ0v) is 13.8. The second-order valence-corrected chi connectivity index (χ2v) is 10.4. The van der Waals surface area contributed by atoms with E-state index < -0.39 is 36.8 Å². The summed E-state index contributed by atoms with van der Waals surface area (Å²) >= 11 is 0. The lowest BCUT2D eigenvalue weighted by molar-refractivity contribution is 0.524. The van der Waals surface area contributed by atoms with Gasteiger partial charge in [0.1, 0.15) is 5.82 Å². The van der Waals surface area contributed by atoms with Crippen LogP contribution in [0.4, 0.5) is 4.39 Å². The lowest BCUT2D eigenvalue weighted by atomic mass is 10.2. The van der Waals surface area contributed by atoms with Crippen molar-refractivity contribution >= 4 is 19.7 Å². The Morgan fingerprint density at radius 3 is 2.50 bits per heavy atom. The van der Waals surface area contributed by atoms with Crippen molar-refractivity contribution in [1.82, 2.24) is 5.32 Å². The van der Waals surface area contributed by atoms with Gasteiger partial charge in [-0.15, -0.1) is 0 Å². The third-order valence-electron chi connectivity index (χ3n) is 4.17. The number of hydrogen-bond acceptors (Lipinski definition) is 5. The highest BCUT2D eigenvalue weighted by Gasteiger charge is 2.47. The number of rotatable bonds is 4. The largest absolute Gasteiger partial charge is 0.309 e. The molecule has 1 aromatic rings. The molecule has 1 N–H and O–H groups in total. The van der Waals surface area contributed by atoms with Crippen LogP contribution >= 0.6 is 0 Å². The molecule has 1 aliphatic carbocycles. The average Bonchev–Trinajstić information content (AvgIpc) is 3.12. The predicted molar refractivity (Wildman–Crippen MR) is 80.7 cm³/mol. The molecule has 1 heterocycles. The Hall–Kier alpha value is -0.990. The van der Waals surface area contributed by atoms with E-state index in [1.807, 2.05) is 0 Å². The van der Waals surface area contributed by atoms with Gasteiger partial charge in [-0.1, -0.05) is 0 Å². The quantitative estimate of drug-likeness (QED) is 0.816. The molecule has 5 nitrogen and oxygen atoms in total. The van der Waals surface area contributed by atoms with Crippen molar-refractivity contribution in [1.29, 1.82) is 0 Å². The fraction of sp³-hybridized carbons (Fsp3) is 0.571. The van der Waals surface area contributed by atoms with Crippen LogP contribution in [0.25, 0.3) is 0 Å². The lowest BCUT2D eigenvalue weighted by Crippen LogP contribution is -2.44. The number of hydrogen-bond donors (Lipinski definition) is 1. The van der Waals surface area contributed by atoms with Crippen LogP contribution in [0.3, 0.4) is 0 Å². The van der Waals surface area contributed by atoms with E-state index in [1.165, 1.54) is 13.0 Å². The maximum atomic E-state index is 13.2. The molecule has 0 aromatic heterocycles. The van der Waals surface area contributed by atoms with Gasteiger partial charge in [-0.05, 0) is 43.5 Å². The standard InChI is InChI=1S/C14H18FNO4S2/c1-9-6-10(15)2-5-13(9)22(19,20)14-8-21(17,18)7-12(14)16-11-3-4-11/h2,5-6,11-12,14,16H,3-4,7-8H2,1H3/t12-,14-/m0/s1. The van der Waals surface area contributed by atoms with Crippen LogP contribution in [0.2, 0.25) is 0 Å². The zero-order valence-electron chi connectivity index (χ0n) is 12.1. The van der Waals surface area contributed by atoms with Gasteiger partial charge >= 0.3 is 0 Å². The van der Waals surface area contributed by atoms with E-state index in [0.29, 0.717) is 5.56 Å². The third kappa shape index (κ3) is 3.04. The fourth-order valence-corrected chi connectivity index (χ4v) is 7.83. The molecular weight excluding hydrogens is 329 g/mol. The highest BCUT2D eigenvalue weighted by Crippen LogP contribution is 2.30. The molecular formula is C14H18FNO4S2. The first-order valence-corrected chi connectivity index (χ1v) is 10.5. The highest BCUT2D eigenvalue weighted by molar-refractivity contribution is 7.96. The minimum absolute atomic E-state index is 0.0126. The van der Waals surface area contributed by atoms with E-state index in [9.17, 15) is 21.2 Å². The number of nitrogens with one attached hydrogen (secondary N) is 1. The van der Waals surface area contributed by atoms with Crippen molar-refractivity contribution in [2.45, 2.75) is 42.0 Å². The predicted octanol–water partition coefficient (Wildman–Crippen LogP) is 0.825. The molecule has 2 aliphatic rings. The van der Waals surface area contributed by atoms with Crippen LogP contribution in [0.1, 0.15) is 18.4 Å². The van der Waals surface area contributed by atoms with Crippen LogP contribution in [0.15, 0.2) is 23.1 Å². The molecule has 0 bridgehead atoms. The number of sulfone groups is 2. The Bertz CT molecular complexity index is 800. The SMILES string of the molecule is Cc1cc(F)ccc1S(=O)(=O)[C@H]1CS(=O)(=O)C[C@@H]1NC1CC1. The Balaban J connectivity index is 1.98. The van der Waals surface area contributed by atoms with Gasteiger partial charge < -0.3 is 5.32 Å². The van der Waals surface area contributed by atoms with Crippen LogP contribution in [-0.2, 0) is 19.7 Å². The molecule has 0 spiro atoms. The molecule has 1 saturated heterocycles. The van der Waals surface area contributed by atoms with Crippen molar-refractivity contribution in [3.8, 4) is 0 Å². The monoisotopic (exact) mass is 347 g/mol. The smallest absolute Gasteiger partial charge is 0.184 e. The maximum absolute atomic E-state index is 13.2. The highest BCUT2D eigenvalue weighted by atomic mass is 32.2. The Morgan fingerprint density at radius 1 is 1.23 bits per heavy atom. The summed E-state index contributed by atoms with van der Waals surface area (Å²) in [5.74, 6) is -1.05. The second kappa shape index (κ2) is 5.28. The minimum Gasteiger partial charge on any atom is -0.309 e. The number of benzene rings is 1. The number of halogens is 1.